The second-order valence-electron chi connectivity index (χ2n) is 9.79. The van der Waals surface area contributed by atoms with Gasteiger partial charge >= 0.3 is 0 Å². The largest absolute Gasteiger partial charge is 0.488 e. The van der Waals surface area contributed by atoms with Crippen LogP contribution in [0.2, 0.25) is 0 Å². The van der Waals surface area contributed by atoms with Crippen LogP contribution in [-0.4, -0.2) is 77.6 Å². The highest BCUT2D eigenvalue weighted by atomic mass is 19.1. The third kappa shape index (κ3) is 5.52. The van der Waals surface area contributed by atoms with Crippen molar-refractivity contribution >= 4 is 28.4 Å². The zero-order chi connectivity index (χ0) is 25.0. The molecule has 1 unspecified atom stereocenters. The third-order valence-corrected chi connectivity index (χ3v) is 7.27. The molecule has 37 heavy (non-hydrogen) atoms. The summed E-state index contributed by atoms with van der Waals surface area (Å²) in [5.74, 6) is 0.771. The number of hydrogen-bond donors (Lipinski definition) is 2. The van der Waals surface area contributed by atoms with Gasteiger partial charge in [-0.25, -0.2) is 15.0 Å². The number of anilines is 3. The molecule has 1 atom stereocenters. The maximum absolute atomic E-state index is 15.0. The molecular formula is C26H32FN7O3. The Balaban J connectivity index is 1.10. The summed E-state index contributed by atoms with van der Waals surface area (Å²) in [7, 11) is 0. The summed E-state index contributed by atoms with van der Waals surface area (Å²) in [6, 6.07) is 4.34. The molecule has 0 spiro atoms. The van der Waals surface area contributed by atoms with Crippen LogP contribution in [0.4, 0.5) is 21.7 Å². The molecule has 1 aliphatic carbocycles. The molecule has 3 aromatic rings. The number of fused-ring (bicyclic) bond motifs is 1. The molecule has 1 aromatic carbocycles. The smallest absolute Gasteiger partial charge is 0.207 e. The lowest BCUT2D eigenvalue weighted by Crippen LogP contribution is -2.36. The Bertz CT molecular complexity index is 1210. The van der Waals surface area contributed by atoms with Crippen molar-refractivity contribution in [3.63, 3.8) is 0 Å². The number of nitrogens with one attached hydrogen (secondary N) is 2. The third-order valence-electron chi connectivity index (χ3n) is 7.27. The Hall–Kier alpha value is -3.31. The van der Waals surface area contributed by atoms with E-state index in [0.29, 0.717) is 26.4 Å². The zero-order valence-corrected chi connectivity index (χ0v) is 20.7. The van der Waals surface area contributed by atoms with Crippen molar-refractivity contribution in [2.45, 2.75) is 50.3 Å². The molecule has 196 valence electrons. The van der Waals surface area contributed by atoms with Crippen molar-refractivity contribution in [1.82, 2.24) is 19.9 Å². The van der Waals surface area contributed by atoms with Crippen molar-refractivity contribution < 1.29 is 18.6 Å². The molecular weight excluding hydrogens is 477 g/mol. The first-order valence-electron chi connectivity index (χ1n) is 13.1. The molecule has 2 aliphatic heterocycles. The van der Waals surface area contributed by atoms with Gasteiger partial charge in [0.1, 0.15) is 17.6 Å². The van der Waals surface area contributed by atoms with Gasteiger partial charge in [0.15, 0.2) is 11.6 Å². The fraction of sp³-hybridized carbons (Fsp3) is 0.538. The van der Waals surface area contributed by atoms with Crippen molar-refractivity contribution in [1.29, 1.82) is 0 Å². The summed E-state index contributed by atoms with van der Waals surface area (Å²) in [6.45, 7) is 4.35. The van der Waals surface area contributed by atoms with Gasteiger partial charge in [-0.2, -0.15) is 4.39 Å². The van der Waals surface area contributed by atoms with E-state index in [4.69, 9.17) is 14.2 Å². The van der Waals surface area contributed by atoms with E-state index < -0.39 is 5.82 Å². The SMILES string of the molecule is Fc1c(NC2CCOC2)ncnc1N[C@H]1CC[C@@H](Oc2cc(N3CCOCC3)cc3nccnc23)CC1. The molecule has 3 fully saturated rings. The Morgan fingerprint density at radius 2 is 1.59 bits per heavy atom. The van der Waals surface area contributed by atoms with Gasteiger partial charge in [-0.1, -0.05) is 0 Å². The van der Waals surface area contributed by atoms with E-state index in [9.17, 15) is 0 Å². The van der Waals surface area contributed by atoms with Gasteiger partial charge in [0.25, 0.3) is 0 Å². The Kier molecular flexibility index (Phi) is 7.13. The second-order valence-corrected chi connectivity index (χ2v) is 9.79. The fourth-order valence-electron chi connectivity index (χ4n) is 5.23. The Morgan fingerprint density at radius 1 is 0.838 bits per heavy atom. The van der Waals surface area contributed by atoms with E-state index in [-0.39, 0.29) is 29.8 Å². The highest BCUT2D eigenvalue weighted by Crippen LogP contribution is 2.33. The molecule has 2 N–H and O–H groups in total. The molecule has 3 aliphatic rings. The lowest BCUT2D eigenvalue weighted by atomic mass is 9.93. The predicted octanol–water partition coefficient (Wildman–Crippen LogP) is 3.40. The Morgan fingerprint density at radius 3 is 2.35 bits per heavy atom. The average Bonchev–Trinajstić information content (AvgIpc) is 3.46. The number of ether oxygens (including phenoxy) is 3. The number of nitrogens with zero attached hydrogens (tertiary/aromatic N) is 5. The molecule has 1 saturated carbocycles. The molecule has 10 nitrogen and oxygen atoms in total. The quantitative estimate of drug-likeness (QED) is 0.492. The van der Waals surface area contributed by atoms with E-state index in [0.717, 1.165) is 67.7 Å². The Labute approximate surface area is 215 Å². The first-order valence-corrected chi connectivity index (χ1v) is 13.1. The first-order chi connectivity index (χ1) is 18.2. The highest BCUT2D eigenvalue weighted by molar-refractivity contribution is 5.85. The van der Waals surface area contributed by atoms with Crippen LogP contribution < -0.4 is 20.3 Å². The van der Waals surface area contributed by atoms with Gasteiger partial charge in [0.2, 0.25) is 5.82 Å². The lowest BCUT2D eigenvalue weighted by Gasteiger charge is -2.31. The molecule has 4 heterocycles. The van der Waals surface area contributed by atoms with Crippen molar-refractivity contribution in [3.8, 4) is 5.75 Å². The molecule has 0 radical (unpaired) electrons. The summed E-state index contributed by atoms with van der Waals surface area (Å²) in [6.07, 6.45) is 9.08. The van der Waals surface area contributed by atoms with E-state index in [1.54, 1.807) is 12.4 Å². The molecule has 2 saturated heterocycles. The predicted molar refractivity (Wildman–Crippen MR) is 138 cm³/mol. The van der Waals surface area contributed by atoms with Crippen LogP contribution in [0.15, 0.2) is 30.9 Å². The summed E-state index contributed by atoms with van der Waals surface area (Å²) in [5, 5.41) is 6.42. The number of aromatic nitrogens is 4. The molecule has 0 amide bonds. The number of benzene rings is 1. The zero-order valence-electron chi connectivity index (χ0n) is 20.7. The van der Waals surface area contributed by atoms with Crippen molar-refractivity contribution in [2.24, 2.45) is 0 Å². The van der Waals surface area contributed by atoms with E-state index in [1.807, 2.05) is 0 Å². The summed E-state index contributed by atoms with van der Waals surface area (Å²) in [5.41, 5.74) is 2.68. The van der Waals surface area contributed by atoms with Crippen molar-refractivity contribution in [2.75, 3.05) is 55.1 Å². The van der Waals surface area contributed by atoms with Gasteiger partial charge in [0.05, 0.1) is 37.5 Å². The number of hydrogen-bond acceptors (Lipinski definition) is 10. The van der Waals surface area contributed by atoms with Crippen LogP contribution in [0, 0.1) is 5.82 Å². The molecule has 11 heteroatoms. The molecule has 0 bridgehead atoms. The minimum atomic E-state index is -0.447. The van der Waals surface area contributed by atoms with Gasteiger partial charge in [-0.15, -0.1) is 0 Å². The standard InChI is InChI=1S/C26H32FN7O3/c27-23-25(30-16-31-26(23)33-18-5-10-36-15-18)32-17-1-3-20(4-2-17)37-22-14-19(34-8-11-35-12-9-34)13-21-24(22)29-7-6-28-21/h6-7,13-14,16-18,20H,1-5,8-12,15H2,(H2,30,31,32,33)/t17-,18?,20+. The van der Waals surface area contributed by atoms with Crippen LogP contribution in [0.1, 0.15) is 32.1 Å². The van der Waals surface area contributed by atoms with Gasteiger partial charge in [-0.3, -0.25) is 4.98 Å². The van der Waals surface area contributed by atoms with Crippen LogP contribution in [0.5, 0.6) is 5.75 Å². The normalized spacial score (nSPS) is 24.2. The van der Waals surface area contributed by atoms with Gasteiger partial charge < -0.3 is 29.7 Å². The number of rotatable bonds is 7. The van der Waals surface area contributed by atoms with Crippen LogP contribution in [-0.2, 0) is 9.47 Å². The van der Waals surface area contributed by atoms with Crippen LogP contribution in [0.3, 0.4) is 0 Å². The summed E-state index contributed by atoms with van der Waals surface area (Å²) in [4.78, 5) is 19.6. The van der Waals surface area contributed by atoms with E-state index in [1.165, 1.54) is 6.33 Å². The number of morpholine rings is 1. The van der Waals surface area contributed by atoms with Gasteiger partial charge in [0, 0.05) is 49.9 Å². The van der Waals surface area contributed by atoms with E-state index >= 15 is 4.39 Å². The van der Waals surface area contributed by atoms with Crippen molar-refractivity contribution in [3.05, 3.63) is 36.7 Å². The average molecular weight is 510 g/mol. The molecule has 2 aromatic heterocycles. The van der Waals surface area contributed by atoms with Crippen LogP contribution >= 0.6 is 0 Å². The minimum Gasteiger partial charge on any atom is -0.488 e. The fourth-order valence-corrected chi connectivity index (χ4v) is 5.23. The van der Waals surface area contributed by atoms with Crippen LogP contribution in [0.25, 0.3) is 11.0 Å². The first kappa shape index (κ1) is 24.1. The number of halogens is 1. The van der Waals surface area contributed by atoms with E-state index in [2.05, 4.69) is 47.6 Å². The topological polar surface area (TPSA) is 107 Å². The summed E-state index contributed by atoms with van der Waals surface area (Å²) < 4.78 is 32.4. The summed E-state index contributed by atoms with van der Waals surface area (Å²) >= 11 is 0. The second kappa shape index (κ2) is 11.0. The monoisotopic (exact) mass is 509 g/mol. The lowest BCUT2D eigenvalue weighted by molar-refractivity contribution is 0.122. The maximum Gasteiger partial charge on any atom is 0.207 e. The minimum absolute atomic E-state index is 0.0537. The maximum atomic E-state index is 15.0. The van der Waals surface area contributed by atoms with Gasteiger partial charge in [-0.05, 0) is 38.2 Å². The highest BCUT2D eigenvalue weighted by Gasteiger charge is 2.26. The molecule has 6 rings (SSSR count).